The minimum Gasteiger partial charge on any atom is -0.480 e. The largest absolute Gasteiger partial charge is 0.480 e. The number of aliphatic carboxylic acids is 1. The van der Waals surface area contributed by atoms with E-state index in [0.29, 0.717) is 0 Å². The number of carboxylic acids is 1. The van der Waals surface area contributed by atoms with Gasteiger partial charge in [0.2, 0.25) is 10.0 Å². The maximum atomic E-state index is 12.0. The van der Waals surface area contributed by atoms with Crippen LogP contribution in [0.1, 0.15) is 13.8 Å². The van der Waals surface area contributed by atoms with Crippen LogP contribution < -0.4 is 4.72 Å². The standard InChI is InChI=1S/C10H17N3O6S2/c1-10(2,20(3,16)17)7-12-21(18,19)8-4-11-13(5-8)6-9(14)15/h4-5,12H,6-7H2,1-3H3,(H,14,15). The average Bonchev–Trinajstić information content (AvgIpc) is 2.73. The van der Waals surface area contributed by atoms with Crippen LogP contribution in [0.3, 0.4) is 0 Å². The molecular formula is C10H17N3O6S2. The van der Waals surface area contributed by atoms with Crippen molar-refractivity contribution in [3.63, 3.8) is 0 Å². The fourth-order valence-corrected chi connectivity index (χ4v) is 2.78. The highest BCUT2D eigenvalue weighted by Gasteiger charge is 2.32. The minimum atomic E-state index is -3.96. The van der Waals surface area contributed by atoms with E-state index < -0.39 is 37.1 Å². The SMILES string of the molecule is CC(C)(CNS(=O)(=O)c1cnn(CC(=O)O)c1)S(C)(=O)=O. The number of hydrogen-bond donors (Lipinski definition) is 2. The Labute approximate surface area is 122 Å². The number of rotatable bonds is 7. The Balaban J connectivity index is 2.88. The number of nitrogens with zero attached hydrogens (tertiary/aromatic N) is 2. The van der Waals surface area contributed by atoms with Gasteiger partial charge in [0.25, 0.3) is 0 Å². The second kappa shape index (κ2) is 5.73. The molecule has 0 saturated carbocycles. The summed E-state index contributed by atoms with van der Waals surface area (Å²) in [6, 6.07) is 0. The Bertz CT molecular complexity index is 733. The maximum absolute atomic E-state index is 12.0. The third-order valence-corrected chi connectivity index (χ3v) is 6.42. The van der Waals surface area contributed by atoms with Gasteiger partial charge in [0.05, 0.1) is 10.9 Å². The summed E-state index contributed by atoms with van der Waals surface area (Å²) in [5, 5.41) is 12.2. The number of sulfonamides is 1. The summed E-state index contributed by atoms with van der Waals surface area (Å²) in [6.07, 6.45) is 3.08. The zero-order valence-corrected chi connectivity index (χ0v) is 13.4. The topological polar surface area (TPSA) is 135 Å². The third kappa shape index (κ3) is 4.51. The van der Waals surface area contributed by atoms with Crippen LogP contribution >= 0.6 is 0 Å². The molecule has 2 N–H and O–H groups in total. The molecule has 21 heavy (non-hydrogen) atoms. The van der Waals surface area contributed by atoms with Crippen LogP contribution in [0.2, 0.25) is 0 Å². The summed E-state index contributed by atoms with van der Waals surface area (Å²) < 4.78 is 48.9. The number of nitrogens with one attached hydrogen (secondary N) is 1. The molecule has 1 aromatic heterocycles. The molecule has 1 rings (SSSR count). The fraction of sp³-hybridized carbons (Fsp3) is 0.600. The maximum Gasteiger partial charge on any atom is 0.325 e. The number of sulfone groups is 1. The van der Waals surface area contributed by atoms with Gasteiger partial charge >= 0.3 is 5.97 Å². The van der Waals surface area contributed by atoms with Gasteiger partial charge in [0.15, 0.2) is 9.84 Å². The first-order chi connectivity index (χ1) is 9.35. The van der Waals surface area contributed by atoms with Gasteiger partial charge in [0, 0.05) is 19.0 Å². The van der Waals surface area contributed by atoms with Gasteiger partial charge in [0.1, 0.15) is 11.4 Å². The van der Waals surface area contributed by atoms with Crippen LogP contribution in [-0.4, -0.2) is 55.2 Å². The highest BCUT2D eigenvalue weighted by atomic mass is 32.2. The van der Waals surface area contributed by atoms with E-state index in [0.717, 1.165) is 23.3 Å². The van der Waals surface area contributed by atoms with Crippen LogP contribution in [0.25, 0.3) is 0 Å². The van der Waals surface area contributed by atoms with E-state index in [1.54, 1.807) is 0 Å². The first-order valence-corrected chi connectivity index (χ1v) is 9.16. The number of hydrogen-bond acceptors (Lipinski definition) is 6. The predicted molar refractivity (Wildman–Crippen MR) is 74.0 cm³/mol. The number of carboxylic acid groups (broad SMARTS) is 1. The molecule has 0 spiro atoms. The molecule has 0 unspecified atom stereocenters. The van der Waals surface area contributed by atoms with Crippen molar-refractivity contribution in [3.05, 3.63) is 12.4 Å². The zero-order chi connectivity index (χ0) is 16.5. The lowest BCUT2D eigenvalue weighted by Gasteiger charge is -2.22. The molecule has 0 aliphatic rings. The van der Waals surface area contributed by atoms with E-state index in [1.165, 1.54) is 13.8 Å². The van der Waals surface area contributed by atoms with Crippen LogP contribution in [-0.2, 0) is 31.2 Å². The monoisotopic (exact) mass is 339 g/mol. The van der Waals surface area contributed by atoms with Gasteiger partial charge in [-0.15, -0.1) is 0 Å². The summed E-state index contributed by atoms with van der Waals surface area (Å²) in [5.74, 6) is -1.16. The molecule has 0 aliphatic carbocycles. The molecule has 9 nitrogen and oxygen atoms in total. The summed E-state index contributed by atoms with van der Waals surface area (Å²) >= 11 is 0. The molecule has 0 aliphatic heterocycles. The molecule has 0 aromatic carbocycles. The van der Waals surface area contributed by atoms with E-state index in [1.807, 2.05) is 0 Å². The molecule has 0 fully saturated rings. The lowest BCUT2D eigenvalue weighted by atomic mass is 10.2. The second-order valence-corrected chi connectivity index (χ2v) is 9.54. The molecule has 1 heterocycles. The van der Waals surface area contributed by atoms with Crippen LogP contribution in [0.5, 0.6) is 0 Å². The van der Waals surface area contributed by atoms with E-state index in [9.17, 15) is 21.6 Å². The van der Waals surface area contributed by atoms with Gasteiger partial charge in [-0.05, 0) is 13.8 Å². The van der Waals surface area contributed by atoms with Crippen molar-refractivity contribution in [2.24, 2.45) is 0 Å². The number of aromatic nitrogens is 2. The lowest BCUT2D eigenvalue weighted by Crippen LogP contribution is -2.43. The number of carbonyl (C=O) groups is 1. The Kier molecular flexibility index (Phi) is 4.80. The van der Waals surface area contributed by atoms with Gasteiger partial charge in [-0.3, -0.25) is 9.48 Å². The average molecular weight is 339 g/mol. The normalized spacial score (nSPS) is 13.3. The Morgan fingerprint density at radius 2 is 1.95 bits per heavy atom. The molecule has 0 saturated heterocycles. The predicted octanol–water partition coefficient (Wildman–Crippen LogP) is -0.931. The van der Waals surface area contributed by atoms with Crippen molar-refractivity contribution in [3.8, 4) is 0 Å². The van der Waals surface area contributed by atoms with Gasteiger partial charge in [-0.1, -0.05) is 0 Å². The molecule has 0 atom stereocenters. The smallest absolute Gasteiger partial charge is 0.325 e. The fourth-order valence-electron chi connectivity index (χ4n) is 1.19. The van der Waals surface area contributed by atoms with Crippen molar-refractivity contribution < 1.29 is 26.7 Å². The van der Waals surface area contributed by atoms with Crippen molar-refractivity contribution in [2.45, 2.75) is 30.0 Å². The summed E-state index contributed by atoms with van der Waals surface area (Å²) in [7, 11) is -7.40. The molecule has 0 bridgehead atoms. The van der Waals surface area contributed by atoms with Crippen molar-refractivity contribution >= 4 is 25.8 Å². The van der Waals surface area contributed by atoms with Gasteiger partial charge in [-0.2, -0.15) is 5.10 Å². The first-order valence-electron chi connectivity index (χ1n) is 5.79. The van der Waals surface area contributed by atoms with Crippen molar-refractivity contribution in [2.75, 3.05) is 12.8 Å². The Morgan fingerprint density at radius 1 is 1.38 bits per heavy atom. The summed E-state index contributed by atoms with van der Waals surface area (Å²) in [6.45, 7) is 2.03. The quantitative estimate of drug-likeness (QED) is 0.655. The highest BCUT2D eigenvalue weighted by molar-refractivity contribution is 7.92. The molecular weight excluding hydrogens is 322 g/mol. The lowest BCUT2D eigenvalue weighted by molar-refractivity contribution is -0.137. The molecule has 120 valence electrons. The van der Waals surface area contributed by atoms with E-state index >= 15 is 0 Å². The van der Waals surface area contributed by atoms with E-state index in [-0.39, 0.29) is 11.4 Å². The van der Waals surface area contributed by atoms with Crippen molar-refractivity contribution in [1.29, 1.82) is 0 Å². The minimum absolute atomic E-state index is 0.229. The van der Waals surface area contributed by atoms with Gasteiger partial charge in [-0.25, -0.2) is 21.6 Å². The highest BCUT2D eigenvalue weighted by Crippen LogP contribution is 2.15. The Morgan fingerprint density at radius 3 is 2.43 bits per heavy atom. The van der Waals surface area contributed by atoms with Gasteiger partial charge < -0.3 is 5.11 Å². The van der Waals surface area contributed by atoms with Crippen LogP contribution in [0, 0.1) is 0 Å². The zero-order valence-electron chi connectivity index (χ0n) is 11.8. The summed E-state index contributed by atoms with van der Waals surface area (Å²) in [4.78, 5) is 10.3. The molecule has 11 heteroatoms. The Hall–Kier alpha value is -1.46. The molecule has 0 radical (unpaired) electrons. The van der Waals surface area contributed by atoms with Crippen molar-refractivity contribution in [1.82, 2.24) is 14.5 Å². The second-order valence-electron chi connectivity index (χ2n) is 5.12. The summed E-state index contributed by atoms with van der Waals surface area (Å²) in [5.41, 5.74) is 0. The van der Waals surface area contributed by atoms with Crippen LogP contribution in [0.4, 0.5) is 0 Å². The van der Waals surface area contributed by atoms with E-state index in [2.05, 4.69) is 9.82 Å². The molecule has 1 aromatic rings. The molecule has 0 amide bonds. The van der Waals surface area contributed by atoms with E-state index in [4.69, 9.17) is 5.11 Å². The first kappa shape index (κ1) is 17.6. The third-order valence-electron chi connectivity index (χ3n) is 2.91. The van der Waals surface area contributed by atoms with Crippen LogP contribution in [0.15, 0.2) is 17.3 Å².